The molecule has 24 heavy (non-hydrogen) atoms. The molecule has 0 atom stereocenters. The van der Waals surface area contributed by atoms with E-state index in [1.54, 1.807) is 4.57 Å². The van der Waals surface area contributed by atoms with Crippen LogP contribution in [0.1, 0.15) is 18.1 Å². The number of anilines is 1. The molecule has 0 saturated heterocycles. The van der Waals surface area contributed by atoms with Crippen LogP contribution in [-0.2, 0) is 6.54 Å². The molecule has 0 bridgehead atoms. The van der Waals surface area contributed by atoms with Crippen molar-refractivity contribution in [2.75, 3.05) is 18.4 Å². The van der Waals surface area contributed by atoms with E-state index in [-0.39, 0.29) is 5.56 Å². The number of aromatic nitrogens is 2. The molecule has 6 heteroatoms. The molecular formula is C18H22N4OS. The molecular weight excluding hydrogens is 320 g/mol. The smallest absolute Gasteiger partial charge is 0.264 e. The Kier molecular flexibility index (Phi) is 4.69. The van der Waals surface area contributed by atoms with Crippen molar-refractivity contribution in [3.05, 3.63) is 45.1 Å². The highest BCUT2D eigenvalue weighted by molar-refractivity contribution is 7.17. The first-order valence-electron chi connectivity index (χ1n) is 8.10. The molecule has 0 aliphatic rings. The predicted molar refractivity (Wildman–Crippen MR) is 102 cm³/mol. The van der Waals surface area contributed by atoms with E-state index in [9.17, 15) is 4.79 Å². The van der Waals surface area contributed by atoms with Crippen molar-refractivity contribution in [3.8, 4) is 11.1 Å². The van der Waals surface area contributed by atoms with Gasteiger partial charge >= 0.3 is 0 Å². The van der Waals surface area contributed by atoms with Crippen LogP contribution >= 0.6 is 11.3 Å². The van der Waals surface area contributed by atoms with Crippen LogP contribution in [0.15, 0.2) is 28.4 Å². The molecule has 2 heterocycles. The molecule has 0 unspecified atom stereocenters. The molecule has 0 radical (unpaired) electrons. The third-order valence-electron chi connectivity index (χ3n) is 4.11. The van der Waals surface area contributed by atoms with Crippen LogP contribution in [0.5, 0.6) is 0 Å². The van der Waals surface area contributed by atoms with Gasteiger partial charge in [0.2, 0.25) is 5.95 Å². The fraction of sp³-hybridized carbons (Fsp3) is 0.333. The summed E-state index contributed by atoms with van der Waals surface area (Å²) in [7, 11) is 0. The Labute approximate surface area is 145 Å². The van der Waals surface area contributed by atoms with Crippen molar-refractivity contribution >= 4 is 27.5 Å². The third kappa shape index (κ3) is 2.83. The Bertz CT molecular complexity index is 942. The minimum atomic E-state index is -0.00162. The summed E-state index contributed by atoms with van der Waals surface area (Å²) in [5.41, 5.74) is 10.00. The number of nitrogens with two attached hydrogens (primary N) is 1. The van der Waals surface area contributed by atoms with Gasteiger partial charge in [-0.05, 0) is 31.9 Å². The highest BCUT2D eigenvalue weighted by atomic mass is 32.1. The summed E-state index contributed by atoms with van der Waals surface area (Å²) in [4.78, 5) is 18.5. The molecule has 3 aromatic rings. The lowest BCUT2D eigenvalue weighted by Crippen LogP contribution is -2.26. The molecule has 3 N–H and O–H groups in total. The fourth-order valence-electron chi connectivity index (χ4n) is 2.95. The van der Waals surface area contributed by atoms with Crippen molar-refractivity contribution < 1.29 is 0 Å². The van der Waals surface area contributed by atoms with E-state index >= 15 is 0 Å². The minimum absolute atomic E-state index is 0.00162. The lowest BCUT2D eigenvalue weighted by molar-refractivity contribution is 0.722. The van der Waals surface area contributed by atoms with Crippen molar-refractivity contribution in [1.29, 1.82) is 0 Å². The largest absolute Gasteiger partial charge is 0.354 e. The lowest BCUT2D eigenvalue weighted by Gasteiger charge is -2.12. The second-order valence-electron chi connectivity index (χ2n) is 5.85. The quantitative estimate of drug-likeness (QED) is 0.747. The van der Waals surface area contributed by atoms with Crippen molar-refractivity contribution in [2.45, 2.75) is 27.3 Å². The van der Waals surface area contributed by atoms with Gasteiger partial charge in [-0.25, -0.2) is 4.98 Å². The average Bonchev–Trinajstić information content (AvgIpc) is 2.97. The second kappa shape index (κ2) is 6.75. The maximum atomic E-state index is 13.0. The van der Waals surface area contributed by atoms with Crippen LogP contribution in [-0.4, -0.2) is 22.6 Å². The lowest BCUT2D eigenvalue weighted by atomic mass is 9.99. The van der Waals surface area contributed by atoms with Gasteiger partial charge in [0.05, 0.1) is 5.39 Å². The molecule has 2 aromatic heterocycles. The maximum absolute atomic E-state index is 13.0. The summed E-state index contributed by atoms with van der Waals surface area (Å²) in [6.07, 6.45) is 0. The van der Waals surface area contributed by atoms with Gasteiger partial charge in [-0.3, -0.25) is 9.36 Å². The first kappa shape index (κ1) is 16.7. The minimum Gasteiger partial charge on any atom is -0.354 e. The summed E-state index contributed by atoms with van der Waals surface area (Å²) >= 11 is 1.51. The van der Waals surface area contributed by atoms with Gasteiger partial charge in [-0.15, -0.1) is 11.3 Å². The zero-order chi connectivity index (χ0) is 17.3. The molecule has 0 aliphatic heterocycles. The number of hydrogen-bond acceptors (Lipinski definition) is 5. The van der Waals surface area contributed by atoms with Gasteiger partial charge < -0.3 is 11.1 Å². The number of nitrogens with zero attached hydrogens (tertiary/aromatic N) is 2. The molecule has 0 saturated carbocycles. The second-order valence-corrected chi connectivity index (χ2v) is 6.71. The Morgan fingerprint density at radius 1 is 1.29 bits per heavy atom. The van der Waals surface area contributed by atoms with Crippen molar-refractivity contribution in [3.63, 3.8) is 0 Å². The van der Waals surface area contributed by atoms with Gasteiger partial charge in [-0.2, -0.15) is 0 Å². The SMILES string of the molecule is CCn1c(NCCN)nc2scc(-c3ccc(C)cc3C)c2c1=O. The van der Waals surface area contributed by atoms with Crippen LogP contribution in [0.3, 0.4) is 0 Å². The first-order chi connectivity index (χ1) is 11.6. The van der Waals surface area contributed by atoms with Gasteiger partial charge in [0.1, 0.15) is 4.83 Å². The summed E-state index contributed by atoms with van der Waals surface area (Å²) in [6.45, 7) is 7.75. The van der Waals surface area contributed by atoms with Crippen LogP contribution in [0.2, 0.25) is 0 Å². The van der Waals surface area contributed by atoms with Crippen LogP contribution in [0, 0.1) is 13.8 Å². The zero-order valence-electron chi connectivity index (χ0n) is 14.2. The third-order valence-corrected chi connectivity index (χ3v) is 4.98. The number of nitrogens with one attached hydrogen (secondary N) is 1. The predicted octanol–water partition coefficient (Wildman–Crippen LogP) is 3.13. The van der Waals surface area contributed by atoms with E-state index in [0.717, 1.165) is 16.0 Å². The number of aryl methyl sites for hydroxylation is 2. The molecule has 5 nitrogen and oxygen atoms in total. The van der Waals surface area contributed by atoms with E-state index in [4.69, 9.17) is 5.73 Å². The standard InChI is InChI=1S/C18H22N4OS/c1-4-22-17(23)15-14(13-6-5-11(2)9-12(13)3)10-24-16(15)21-18(22)20-8-7-19/h5-6,9-10H,4,7-8,19H2,1-3H3,(H,20,21). The highest BCUT2D eigenvalue weighted by Crippen LogP contribution is 2.33. The monoisotopic (exact) mass is 342 g/mol. The van der Waals surface area contributed by atoms with E-state index in [0.29, 0.717) is 31.0 Å². The van der Waals surface area contributed by atoms with Gasteiger partial charge in [-0.1, -0.05) is 23.8 Å². The van der Waals surface area contributed by atoms with E-state index in [1.165, 1.54) is 22.5 Å². The fourth-order valence-corrected chi connectivity index (χ4v) is 3.88. The molecule has 126 valence electrons. The van der Waals surface area contributed by atoms with Crippen LogP contribution in [0.25, 0.3) is 21.3 Å². The van der Waals surface area contributed by atoms with Crippen molar-refractivity contribution in [2.24, 2.45) is 5.73 Å². The van der Waals surface area contributed by atoms with Gasteiger partial charge in [0.25, 0.3) is 5.56 Å². The molecule has 0 aliphatic carbocycles. The average molecular weight is 342 g/mol. The summed E-state index contributed by atoms with van der Waals surface area (Å²) in [5.74, 6) is 0.592. The topological polar surface area (TPSA) is 72.9 Å². The summed E-state index contributed by atoms with van der Waals surface area (Å²) in [5, 5.41) is 5.88. The number of benzene rings is 1. The normalized spacial score (nSPS) is 11.2. The van der Waals surface area contributed by atoms with Gasteiger partial charge in [0.15, 0.2) is 0 Å². The number of fused-ring (bicyclic) bond motifs is 1. The van der Waals surface area contributed by atoms with E-state index in [1.807, 2.05) is 12.3 Å². The highest BCUT2D eigenvalue weighted by Gasteiger charge is 2.17. The summed E-state index contributed by atoms with van der Waals surface area (Å²) < 4.78 is 1.68. The number of rotatable bonds is 5. The Hall–Kier alpha value is -2.18. The van der Waals surface area contributed by atoms with E-state index in [2.05, 4.69) is 42.3 Å². The van der Waals surface area contributed by atoms with Gasteiger partial charge in [0, 0.05) is 30.6 Å². The Balaban J connectivity index is 2.24. The maximum Gasteiger partial charge on any atom is 0.264 e. The number of hydrogen-bond donors (Lipinski definition) is 2. The summed E-state index contributed by atoms with van der Waals surface area (Å²) in [6, 6.07) is 6.30. The number of thiophene rings is 1. The van der Waals surface area contributed by atoms with Crippen LogP contribution < -0.4 is 16.6 Å². The van der Waals surface area contributed by atoms with Crippen LogP contribution in [0.4, 0.5) is 5.95 Å². The Morgan fingerprint density at radius 2 is 2.08 bits per heavy atom. The molecule has 0 spiro atoms. The molecule has 0 amide bonds. The van der Waals surface area contributed by atoms with Crippen molar-refractivity contribution in [1.82, 2.24) is 9.55 Å². The molecule has 3 rings (SSSR count). The Morgan fingerprint density at radius 3 is 2.75 bits per heavy atom. The zero-order valence-corrected chi connectivity index (χ0v) is 15.0. The van der Waals surface area contributed by atoms with E-state index < -0.39 is 0 Å². The molecule has 0 fully saturated rings. The molecule has 1 aromatic carbocycles. The first-order valence-corrected chi connectivity index (χ1v) is 8.98.